The minimum Gasteiger partial charge on any atom is -0.258 e. The molecule has 4 aromatic rings. The van der Waals surface area contributed by atoms with Crippen molar-refractivity contribution in [2.45, 2.75) is 6.54 Å². The van der Waals surface area contributed by atoms with Gasteiger partial charge in [0.1, 0.15) is 5.52 Å². The van der Waals surface area contributed by atoms with E-state index < -0.39 is 0 Å². The van der Waals surface area contributed by atoms with Crippen molar-refractivity contribution in [1.29, 1.82) is 0 Å². The molecular formula is C16H11N5O2. The Bertz CT molecular complexity index is 1040. The van der Waals surface area contributed by atoms with Crippen molar-refractivity contribution in [1.82, 2.24) is 20.0 Å². The van der Waals surface area contributed by atoms with Gasteiger partial charge in [-0.15, -0.1) is 5.10 Å². The zero-order valence-corrected chi connectivity index (χ0v) is 12.0. The maximum Gasteiger partial charge on any atom is 0.275 e. The number of benzene rings is 2. The van der Waals surface area contributed by atoms with Crippen molar-refractivity contribution < 1.29 is 4.92 Å². The minimum absolute atomic E-state index is 0.0603. The van der Waals surface area contributed by atoms with E-state index in [0.29, 0.717) is 5.56 Å². The summed E-state index contributed by atoms with van der Waals surface area (Å²) in [4.78, 5) is 15.3. The molecule has 2 aromatic carbocycles. The summed E-state index contributed by atoms with van der Waals surface area (Å²) in [6.07, 6.45) is 1.67. The van der Waals surface area contributed by atoms with Gasteiger partial charge >= 0.3 is 0 Å². The first-order valence-electron chi connectivity index (χ1n) is 7.03. The molecule has 7 nitrogen and oxygen atoms in total. The number of hydrogen-bond acceptors (Lipinski definition) is 5. The van der Waals surface area contributed by atoms with Gasteiger partial charge < -0.3 is 0 Å². The molecule has 7 heteroatoms. The number of aromatic nitrogens is 4. The summed E-state index contributed by atoms with van der Waals surface area (Å²) in [5.74, 6) is 0. The second-order valence-corrected chi connectivity index (χ2v) is 5.13. The summed E-state index contributed by atoms with van der Waals surface area (Å²) in [5, 5.41) is 20.4. The second-order valence-electron chi connectivity index (χ2n) is 5.13. The fourth-order valence-electron chi connectivity index (χ4n) is 2.72. The van der Waals surface area contributed by atoms with Crippen LogP contribution in [0, 0.1) is 10.1 Å². The molecule has 0 radical (unpaired) electrons. The molecule has 0 N–H and O–H groups in total. The fraction of sp³-hybridized carbons (Fsp3) is 0.0625. The van der Waals surface area contributed by atoms with Crippen LogP contribution in [-0.4, -0.2) is 24.9 Å². The van der Waals surface area contributed by atoms with Gasteiger partial charge in [0, 0.05) is 17.6 Å². The maximum absolute atomic E-state index is 11.4. The monoisotopic (exact) mass is 305 g/mol. The summed E-state index contributed by atoms with van der Waals surface area (Å²) in [5.41, 5.74) is 2.95. The minimum atomic E-state index is -0.374. The van der Waals surface area contributed by atoms with Crippen LogP contribution in [0.15, 0.2) is 54.7 Å². The van der Waals surface area contributed by atoms with Crippen LogP contribution in [0.3, 0.4) is 0 Å². The Morgan fingerprint density at radius 1 is 1.04 bits per heavy atom. The van der Waals surface area contributed by atoms with Crippen LogP contribution in [0.2, 0.25) is 0 Å². The number of para-hydroxylation sites is 1. The van der Waals surface area contributed by atoms with Gasteiger partial charge in [0.2, 0.25) is 0 Å². The quantitative estimate of drug-likeness (QED) is 0.429. The highest BCUT2D eigenvalue weighted by atomic mass is 16.6. The molecule has 23 heavy (non-hydrogen) atoms. The van der Waals surface area contributed by atoms with Gasteiger partial charge in [-0.1, -0.05) is 23.4 Å². The van der Waals surface area contributed by atoms with Crippen LogP contribution in [0.1, 0.15) is 5.56 Å². The molecule has 2 heterocycles. The lowest BCUT2D eigenvalue weighted by molar-refractivity contribution is -0.385. The van der Waals surface area contributed by atoms with Gasteiger partial charge in [-0.2, -0.15) is 0 Å². The number of pyridine rings is 1. The van der Waals surface area contributed by atoms with Gasteiger partial charge in [-0.3, -0.25) is 15.1 Å². The van der Waals surface area contributed by atoms with Crippen LogP contribution in [-0.2, 0) is 6.54 Å². The second kappa shape index (κ2) is 5.13. The molecule has 0 fully saturated rings. The normalized spacial score (nSPS) is 11.1. The number of nitro benzene ring substituents is 1. The average Bonchev–Trinajstić information content (AvgIpc) is 2.98. The van der Waals surface area contributed by atoms with Crippen LogP contribution in [0.5, 0.6) is 0 Å². The first-order chi connectivity index (χ1) is 11.2. The highest BCUT2D eigenvalue weighted by Gasteiger charge is 2.19. The Balaban J connectivity index is 1.93. The fourth-order valence-corrected chi connectivity index (χ4v) is 2.72. The molecule has 0 atom stereocenters. The Kier molecular flexibility index (Phi) is 2.97. The third kappa shape index (κ3) is 2.18. The van der Waals surface area contributed by atoms with Gasteiger partial charge in [0.05, 0.1) is 28.1 Å². The van der Waals surface area contributed by atoms with Crippen LogP contribution >= 0.6 is 0 Å². The summed E-state index contributed by atoms with van der Waals surface area (Å²) in [7, 11) is 0. The van der Waals surface area contributed by atoms with Gasteiger partial charge in [-0.25, -0.2) is 4.68 Å². The predicted molar refractivity (Wildman–Crippen MR) is 85.0 cm³/mol. The van der Waals surface area contributed by atoms with E-state index in [-0.39, 0.29) is 17.2 Å². The van der Waals surface area contributed by atoms with E-state index in [9.17, 15) is 10.1 Å². The Morgan fingerprint density at radius 2 is 1.91 bits per heavy atom. The molecule has 0 saturated heterocycles. The molecule has 0 aliphatic heterocycles. The van der Waals surface area contributed by atoms with E-state index in [1.54, 1.807) is 23.0 Å². The number of nitro groups is 1. The number of fused-ring (bicyclic) bond motifs is 2. The SMILES string of the molecule is O=[N+]([O-])c1ccc2ncccc2c1Cn1nnc2ccccc21. The van der Waals surface area contributed by atoms with Crippen molar-refractivity contribution >= 4 is 27.6 Å². The summed E-state index contributed by atoms with van der Waals surface area (Å²) < 4.78 is 1.67. The van der Waals surface area contributed by atoms with Crippen LogP contribution < -0.4 is 0 Å². The van der Waals surface area contributed by atoms with E-state index >= 15 is 0 Å². The van der Waals surface area contributed by atoms with Crippen molar-refractivity contribution in [3.63, 3.8) is 0 Å². The highest BCUT2D eigenvalue weighted by Crippen LogP contribution is 2.28. The van der Waals surface area contributed by atoms with Crippen molar-refractivity contribution in [3.8, 4) is 0 Å². The third-order valence-electron chi connectivity index (χ3n) is 3.80. The van der Waals surface area contributed by atoms with Crippen molar-refractivity contribution in [3.05, 3.63) is 70.4 Å². The average molecular weight is 305 g/mol. The van der Waals surface area contributed by atoms with E-state index in [1.807, 2.05) is 30.3 Å². The third-order valence-corrected chi connectivity index (χ3v) is 3.80. The van der Waals surface area contributed by atoms with Gasteiger partial charge in [0.25, 0.3) is 5.69 Å². The summed E-state index contributed by atoms with van der Waals surface area (Å²) >= 11 is 0. The van der Waals surface area contributed by atoms with Gasteiger partial charge in [-0.05, 0) is 24.3 Å². The predicted octanol–water partition coefficient (Wildman–Crippen LogP) is 2.94. The molecule has 112 valence electrons. The molecular weight excluding hydrogens is 294 g/mol. The van der Waals surface area contributed by atoms with E-state index in [4.69, 9.17) is 0 Å². The molecule has 0 bridgehead atoms. The molecule has 4 rings (SSSR count). The summed E-state index contributed by atoms with van der Waals surface area (Å²) in [6, 6.07) is 14.3. The van der Waals surface area contributed by atoms with E-state index in [1.165, 1.54) is 6.07 Å². The van der Waals surface area contributed by atoms with E-state index in [2.05, 4.69) is 15.3 Å². The number of rotatable bonds is 3. The molecule has 2 aromatic heterocycles. The van der Waals surface area contributed by atoms with Gasteiger partial charge in [0.15, 0.2) is 0 Å². The molecule has 0 spiro atoms. The highest BCUT2D eigenvalue weighted by molar-refractivity contribution is 5.86. The zero-order chi connectivity index (χ0) is 15.8. The molecule has 0 unspecified atom stereocenters. The lowest BCUT2D eigenvalue weighted by Crippen LogP contribution is -2.06. The number of hydrogen-bond donors (Lipinski definition) is 0. The van der Waals surface area contributed by atoms with Crippen molar-refractivity contribution in [2.75, 3.05) is 0 Å². The smallest absolute Gasteiger partial charge is 0.258 e. The molecule has 0 aliphatic carbocycles. The molecule has 0 amide bonds. The number of nitrogens with zero attached hydrogens (tertiary/aromatic N) is 5. The Hall–Kier alpha value is -3.35. The van der Waals surface area contributed by atoms with Crippen LogP contribution in [0.25, 0.3) is 21.9 Å². The van der Waals surface area contributed by atoms with E-state index in [0.717, 1.165) is 21.9 Å². The molecule has 0 saturated carbocycles. The first kappa shape index (κ1) is 13.3. The Morgan fingerprint density at radius 3 is 2.78 bits per heavy atom. The van der Waals surface area contributed by atoms with Crippen molar-refractivity contribution in [2.24, 2.45) is 0 Å². The first-order valence-corrected chi connectivity index (χ1v) is 7.03. The lowest BCUT2D eigenvalue weighted by Gasteiger charge is -2.07. The largest absolute Gasteiger partial charge is 0.275 e. The maximum atomic E-state index is 11.4. The summed E-state index contributed by atoms with van der Waals surface area (Å²) in [6.45, 7) is 0.264. The standard InChI is InChI=1S/C16H11N5O2/c22-21(23)15-8-7-13-11(4-3-9-17-13)12(15)10-20-16-6-2-1-5-14(16)18-19-20/h1-9H,10H2. The topological polar surface area (TPSA) is 86.7 Å². The molecule has 0 aliphatic rings. The zero-order valence-electron chi connectivity index (χ0n) is 12.0. The Labute approximate surface area is 130 Å². The lowest BCUT2D eigenvalue weighted by atomic mass is 10.1. The van der Waals surface area contributed by atoms with Crippen LogP contribution in [0.4, 0.5) is 5.69 Å².